The first kappa shape index (κ1) is 10.0. The predicted molar refractivity (Wildman–Crippen MR) is 53.3 cm³/mol. The molecule has 2 heteroatoms. The molecule has 2 nitrogen and oxygen atoms in total. The number of hydrogen-bond acceptors (Lipinski definition) is 2. The van der Waals surface area contributed by atoms with Crippen molar-refractivity contribution in [3.8, 4) is 0 Å². The number of nitrogens with one attached hydrogen (secondary N) is 2. The molecule has 0 aliphatic carbocycles. The lowest BCUT2D eigenvalue weighted by molar-refractivity contribution is 0.225. The molecule has 0 aromatic heterocycles. The fraction of sp³-hybridized carbons (Fsp3) is 1.00. The number of fused-ring (bicyclic) bond motifs is 1. The lowest BCUT2D eigenvalue weighted by Crippen LogP contribution is -2.51. The van der Waals surface area contributed by atoms with E-state index < -0.39 is 0 Å². The molecule has 0 aromatic carbocycles. The Morgan fingerprint density at radius 2 is 1.92 bits per heavy atom. The Balaban J connectivity index is 0.000000336. The molecule has 2 heterocycles. The Morgan fingerprint density at radius 1 is 1.08 bits per heavy atom. The van der Waals surface area contributed by atoms with Crippen LogP contribution in [0, 0.1) is 5.92 Å². The summed E-state index contributed by atoms with van der Waals surface area (Å²) in [7, 11) is 0. The van der Waals surface area contributed by atoms with Crippen molar-refractivity contribution >= 4 is 0 Å². The fourth-order valence-corrected chi connectivity index (χ4v) is 2.15. The summed E-state index contributed by atoms with van der Waals surface area (Å²) in [5, 5.41) is 6.98. The summed E-state index contributed by atoms with van der Waals surface area (Å²) in [5.74, 6) is 0.981. The molecule has 2 N–H and O–H groups in total. The Hall–Kier alpha value is -0.0800. The Kier molecular flexibility index (Phi) is 4.62. The van der Waals surface area contributed by atoms with E-state index in [1.54, 1.807) is 0 Å². The molecule has 2 aliphatic heterocycles. The first-order chi connectivity index (χ1) is 5.97. The van der Waals surface area contributed by atoms with Gasteiger partial charge in [-0.15, -0.1) is 0 Å². The van der Waals surface area contributed by atoms with Crippen LogP contribution in [0.4, 0.5) is 0 Å². The molecule has 0 saturated carbocycles. The third kappa shape index (κ3) is 2.46. The van der Waals surface area contributed by atoms with E-state index in [0.29, 0.717) is 0 Å². The summed E-state index contributed by atoms with van der Waals surface area (Å²) < 4.78 is 0. The van der Waals surface area contributed by atoms with Gasteiger partial charge in [0.05, 0.1) is 0 Å². The van der Waals surface area contributed by atoms with Crippen molar-refractivity contribution in [1.29, 1.82) is 0 Å². The summed E-state index contributed by atoms with van der Waals surface area (Å²) in [6.45, 7) is 7.68. The zero-order valence-electron chi connectivity index (χ0n) is 8.40. The highest BCUT2D eigenvalue weighted by Gasteiger charge is 2.26. The maximum atomic E-state index is 3.56. The van der Waals surface area contributed by atoms with E-state index in [0.717, 1.165) is 12.0 Å². The minimum absolute atomic E-state index is 0.794. The molecule has 2 rings (SSSR count). The van der Waals surface area contributed by atoms with Gasteiger partial charge in [0, 0.05) is 12.6 Å². The third-order valence-electron chi connectivity index (χ3n) is 2.78. The van der Waals surface area contributed by atoms with Gasteiger partial charge in [0.1, 0.15) is 0 Å². The maximum Gasteiger partial charge on any atom is 0.0221 e. The second-order valence-corrected chi connectivity index (χ2v) is 3.46. The SMILES string of the molecule is C1CNC2CNCCC2C1.CC. The summed E-state index contributed by atoms with van der Waals surface area (Å²) >= 11 is 0. The van der Waals surface area contributed by atoms with Gasteiger partial charge in [0.15, 0.2) is 0 Å². The van der Waals surface area contributed by atoms with Crippen molar-refractivity contribution < 1.29 is 0 Å². The minimum atomic E-state index is 0.794. The van der Waals surface area contributed by atoms with Crippen LogP contribution in [0.15, 0.2) is 0 Å². The minimum Gasteiger partial charge on any atom is -0.315 e. The topological polar surface area (TPSA) is 24.1 Å². The van der Waals surface area contributed by atoms with Crippen molar-refractivity contribution in [2.45, 2.75) is 39.2 Å². The molecular weight excluding hydrogens is 148 g/mol. The highest BCUT2D eigenvalue weighted by Crippen LogP contribution is 2.21. The van der Waals surface area contributed by atoms with Gasteiger partial charge < -0.3 is 10.6 Å². The van der Waals surface area contributed by atoms with E-state index in [2.05, 4.69) is 10.6 Å². The Labute approximate surface area is 76.1 Å². The van der Waals surface area contributed by atoms with Gasteiger partial charge >= 0.3 is 0 Å². The van der Waals surface area contributed by atoms with Crippen LogP contribution in [-0.2, 0) is 0 Å². The van der Waals surface area contributed by atoms with Crippen LogP contribution in [0.25, 0.3) is 0 Å². The van der Waals surface area contributed by atoms with Crippen molar-refractivity contribution in [2.24, 2.45) is 5.92 Å². The highest BCUT2D eigenvalue weighted by molar-refractivity contribution is 4.86. The molecule has 0 aromatic rings. The van der Waals surface area contributed by atoms with Crippen LogP contribution in [0.5, 0.6) is 0 Å². The van der Waals surface area contributed by atoms with E-state index in [1.807, 2.05) is 13.8 Å². The molecule has 2 aliphatic rings. The first-order valence-electron chi connectivity index (χ1n) is 5.41. The molecule has 0 radical (unpaired) electrons. The second kappa shape index (κ2) is 5.55. The fourth-order valence-electron chi connectivity index (χ4n) is 2.15. The molecular formula is C10H22N2. The number of piperidine rings is 2. The quantitative estimate of drug-likeness (QED) is 0.574. The van der Waals surface area contributed by atoms with Crippen LogP contribution in [0.3, 0.4) is 0 Å². The number of rotatable bonds is 0. The van der Waals surface area contributed by atoms with Gasteiger partial charge in [-0.25, -0.2) is 0 Å². The monoisotopic (exact) mass is 170 g/mol. The average Bonchev–Trinajstić information content (AvgIpc) is 2.21. The zero-order valence-corrected chi connectivity index (χ0v) is 8.40. The zero-order chi connectivity index (χ0) is 8.81. The van der Waals surface area contributed by atoms with Crippen molar-refractivity contribution in [3.63, 3.8) is 0 Å². The van der Waals surface area contributed by atoms with E-state index in [-0.39, 0.29) is 0 Å². The smallest absolute Gasteiger partial charge is 0.0221 e. The summed E-state index contributed by atoms with van der Waals surface area (Å²) in [5.41, 5.74) is 0. The van der Waals surface area contributed by atoms with Crippen molar-refractivity contribution in [1.82, 2.24) is 10.6 Å². The molecule has 12 heavy (non-hydrogen) atoms. The van der Waals surface area contributed by atoms with Crippen LogP contribution in [-0.4, -0.2) is 25.7 Å². The first-order valence-corrected chi connectivity index (χ1v) is 5.41. The average molecular weight is 170 g/mol. The van der Waals surface area contributed by atoms with Crippen LogP contribution >= 0.6 is 0 Å². The van der Waals surface area contributed by atoms with Gasteiger partial charge in [0.25, 0.3) is 0 Å². The molecule has 72 valence electrons. The number of hydrogen-bond donors (Lipinski definition) is 2. The van der Waals surface area contributed by atoms with Crippen molar-refractivity contribution in [3.05, 3.63) is 0 Å². The van der Waals surface area contributed by atoms with Crippen molar-refractivity contribution in [2.75, 3.05) is 19.6 Å². The standard InChI is InChI=1S/C8H16N2.C2H6/c1-2-7-3-5-9-6-8(7)10-4-1;1-2/h7-10H,1-6H2;1-2H3. The summed E-state index contributed by atoms with van der Waals surface area (Å²) in [6, 6.07) is 0.794. The maximum absolute atomic E-state index is 3.56. The molecule has 2 unspecified atom stereocenters. The molecule has 0 bridgehead atoms. The van der Waals surface area contributed by atoms with E-state index in [9.17, 15) is 0 Å². The lowest BCUT2D eigenvalue weighted by Gasteiger charge is -2.36. The third-order valence-corrected chi connectivity index (χ3v) is 2.78. The van der Waals surface area contributed by atoms with Crippen LogP contribution in [0.2, 0.25) is 0 Å². The van der Waals surface area contributed by atoms with Crippen LogP contribution in [0.1, 0.15) is 33.1 Å². The van der Waals surface area contributed by atoms with E-state index in [4.69, 9.17) is 0 Å². The molecule has 2 fully saturated rings. The summed E-state index contributed by atoms with van der Waals surface area (Å²) in [6.07, 6.45) is 4.23. The van der Waals surface area contributed by atoms with Gasteiger partial charge in [-0.05, 0) is 38.3 Å². The Bertz CT molecular complexity index is 88.4. The van der Waals surface area contributed by atoms with Gasteiger partial charge in [-0.2, -0.15) is 0 Å². The normalized spacial score (nSPS) is 34.5. The van der Waals surface area contributed by atoms with E-state index >= 15 is 0 Å². The largest absolute Gasteiger partial charge is 0.315 e. The molecule has 0 spiro atoms. The van der Waals surface area contributed by atoms with Gasteiger partial charge in [0.2, 0.25) is 0 Å². The van der Waals surface area contributed by atoms with E-state index in [1.165, 1.54) is 38.9 Å². The van der Waals surface area contributed by atoms with Crippen LogP contribution < -0.4 is 10.6 Å². The predicted octanol–water partition coefficient (Wildman–Crippen LogP) is 1.37. The molecule has 2 atom stereocenters. The van der Waals surface area contributed by atoms with Gasteiger partial charge in [-0.1, -0.05) is 13.8 Å². The molecule has 0 amide bonds. The summed E-state index contributed by atoms with van der Waals surface area (Å²) in [4.78, 5) is 0. The van der Waals surface area contributed by atoms with Gasteiger partial charge in [-0.3, -0.25) is 0 Å². The molecule has 2 saturated heterocycles. The second-order valence-electron chi connectivity index (χ2n) is 3.46. The highest BCUT2D eigenvalue weighted by atomic mass is 15.0. The lowest BCUT2D eigenvalue weighted by atomic mass is 9.86. The Morgan fingerprint density at radius 3 is 2.67 bits per heavy atom.